The highest BCUT2D eigenvalue weighted by Crippen LogP contribution is 2.38. The standard InChI is InChI=1S/C100H97N3O6/c1-7-100(5,94(104)35-23-24-73-44-62-91(63-45-73)103(89-31-19-11-20-32-89)90-33-21-12-22-34-90)67-64-95(108-72-96(105-6)107-69-66-74-36-46-78(47-37-74)81-54-56-86(57-55-81)97-101-102-98(109-97)87-58-60-88(61-59-87)99(2,3)4)106-68-65-75-38-52-85(53-39-75)93(84-29-17-10-18-30-84)71-77-42-50-80(51-43-77)79-48-40-76(41-49-79)70-92(82-25-13-8-14-26-82)83-27-15-9-16-28-83/h8-22,25-34,36-63,70-71,95-96H,7,23-24,35,64-69,72H2,1-6H3/b93-71-. The van der Waals surface area contributed by atoms with E-state index in [1.54, 1.807) is 7.11 Å². The number of carbonyl (C=O) groups excluding carboxylic acids is 1. The van der Waals surface area contributed by atoms with Gasteiger partial charge in [-0.2, -0.15) is 0 Å². The summed E-state index contributed by atoms with van der Waals surface area (Å²) in [5.41, 5.74) is 22.9. The number of carbonyl (C=O) groups is 1. The van der Waals surface area contributed by atoms with E-state index >= 15 is 0 Å². The van der Waals surface area contributed by atoms with Gasteiger partial charge in [-0.1, -0.05) is 295 Å². The highest BCUT2D eigenvalue weighted by atomic mass is 16.7. The largest absolute Gasteiger partial charge is 0.416 e. The zero-order chi connectivity index (χ0) is 75.2. The second kappa shape index (κ2) is 36.9. The first kappa shape index (κ1) is 75.8. The van der Waals surface area contributed by atoms with Gasteiger partial charge in [-0.15, -0.1) is 10.2 Å². The second-order valence-corrected chi connectivity index (χ2v) is 29.2. The Morgan fingerprint density at radius 3 is 1.22 bits per heavy atom. The van der Waals surface area contributed by atoms with Crippen LogP contribution in [0.1, 0.15) is 122 Å². The van der Waals surface area contributed by atoms with Crippen LogP contribution in [0.2, 0.25) is 0 Å². The van der Waals surface area contributed by atoms with Crippen LogP contribution in [0.25, 0.3) is 68.5 Å². The number of rotatable bonds is 34. The predicted octanol–water partition coefficient (Wildman–Crippen LogP) is 24.6. The summed E-state index contributed by atoms with van der Waals surface area (Å²) in [5, 5.41) is 8.72. The molecule has 548 valence electrons. The van der Waals surface area contributed by atoms with Gasteiger partial charge in [0.1, 0.15) is 12.4 Å². The SMILES string of the molecule is CCC(C)(CCC(OCCc1ccc(/C(=C\c2ccc(-c3ccc(C=C(c4ccccc4)c4ccccc4)cc3)cc2)c2ccccc2)cc1)OCC(OC)OCCc1ccc(-c2ccc(-c3nnc(-c4ccc(C(C)(C)C)cc4)o3)cc2)cc1)C(=O)CCCc1ccc(N(c2ccccc2)c2ccccc2)cc1. The lowest BCUT2D eigenvalue weighted by Gasteiger charge is -2.29. The number of ether oxygens (including phenoxy) is 4. The van der Waals surface area contributed by atoms with Gasteiger partial charge in [0.05, 0.1) is 13.2 Å². The minimum atomic E-state index is -0.640. The zero-order valence-electron chi connectivity index (χ0n) is 63.5. The van der Waals surface area contributed by atoms with E-state index in [0.29, 0.717) is 63.5 Å². The molecule has 0 saturated carbocycles. The number of aromatic nitrogens is 2. The maximum Gasteiger partial charge on any atom is 0.248 e. The van der Waals surface area contributed by atoms with Crippen LogP contribution in [0.15, 0.2) is 326 Å². The fourth-order valence-corrected chi connectivity index (χ4v) is 13.8. The molecule has 12 aromatic carbocycles. The summed E-state index contributed by atoms with van der Waals surface area (Å²) < 4.78 is 31.7. The van der Waals surface area contributed by atoms with E-state index in [4.69, 9.17) is 23.4 Å². The van der Waals surface area contributed by atoms with Gasteiger partial charge in [-0.05, 0) is 212 Å². The minimum Gasteiger partial charge on any atom is -0.416 e. The molecule has 0 aliphatic rings. The van der Waals surface area contributed by atoms with Crippen molar-refractivity contribution >= 4 is 46.1 Å². The molecule has 0 saturated heterocycles. The van der Waals surface area contributed by atoms with Crippen molar-refractivity contribution in [3.05, 3.63) is 377 Å². The van der Waals surface area contributed by atoms with Crippen molar-refractivity contribution in [1.82, 2.24) is 10.2 Å². The van der Waals surface area contributed by atoms with Crippen molar-refractivity contribution < 1.29 is 28.2 Å². The van der Waals surface area contributed by atoms with Crippen LogP contribution in [-0.2, 0) is 48.4 Å². The van der Waals surface area contributed by atoms with Crippen molar-refractivity contribution in [2.24, 2.45) is 5.41 Å². The third-order valence-corrected chi connectivity index (χ3v) is 20.7. The van der Waals surface area contributed by atoms with Crippen molar-refractivity contribution in [3.8, 4) is 45.2 Å². The molecule has 9 heteroatoms. The van der Waals surface area contributed by atoms with Gasteiger partial charge in [0.2, 0.25) is 11.8 Å². The molecule has 0 fully saturated rings. The van der Waals surface area contributed by atoms with E-state index < -0.39 is 18.0 Å². The van der Waals surface area contributed by atoms with Crippen LogP contribution >= 0.6 is 0 Å². The molecule has 0 N–H and O–H groups in total. The third kappa shape index (κ3) is 20.4. The lowest BCUT2D eigenvalue weighted by Crippen LogP contribution is -2.32. The lowest BCUT2D eigenvalue weighted by molar-refractivity contribution is -0.213. The highest BCUT2D eigenvalue weighted by Gasteiger charge is 2.32. The molecule has 3 unspecified atom stereocenters. The van der Waals surface area contributed by atoms with E-state index in [1.165, 1.54) is 27.8 Å². The number of Topliss-reactive ketones (excluding diaryl/α,β-unsaturated/α-hetero) is 1. The fraction of sp³-hybridized carbons (Fsp3) is 0.210. The van der Waals surface area contributed by atoms with Crippen LogP contribution in [-0.4, -0.2) is 55.5 Å². The number of benzene rings is 12. The van der Waals surface area contributed by atoms with Crippen LogP contribution in [0.5, 0.6) is 0 Å². The van der Waals surface area contributed by atoms with Crippen molar-refractivity contribution in [1.29, 1.82) is 0 Å². The molecule has 1 aromatic heterocycles. The molecule has 0 aliphatic carbocycles. The first-order chi connectivity index (χ1) is 53.3. The Balaban J connectivity index is 0.641. The molecule has 0 radical (unpaired) electrons. The normalized spacial score (nSPS) is 12.8. The first-order valence-corrected chi connectivity index (χ1v) is 38.3. The van der Waals surface area contributed by atoms with E-state index in [-0.39, 0.29) is 17.8 Å². The zero-order valence-corrected chi connectivity index (χ0v) is 63.5. The molecule has 0 bridgehead atoms. The minimum absolute atomic E-state index is 0.0582. The number of methoxy groups -OCH3 is 1. The van der Waals surface area contributed by atoms with Gasteiger partial charge < -0.3 is 28.3 Å². The summed E-state index contributed by atoms with van der Waals surface area (Å²) in [6.07, 6.45) is 8.50. The maximum absolute atomic E-state index is 14.4. The van der Waals surface area contributed by atoms with E-state index in [9.17, 15) is 4.79 Å². The van der Waals surface area contributed by atoms with Gasteiger partial charge in [-0.3, -0.25) is 4.79 Å². The van der Waals surface area contributed by atoms with E-state index in [2.05, 4.69) is 347 Å². The molecule has 0 spiro atoms. The third-order valence-electron chi connectivity index (χ3n) is 20.7. The summed E-state index contributed by atoms with van der Waals surface area (Å²) in [5.74, 6) is 1.23. The number of aryl methyl sites for hydroxylation is 1. The Bertz CT molecular complexity index is 4940. The van der Waals surface area contributed by atoms with E-state index in [0.717, 1.165) is 102 Å². The average Bonchev–Trinajstić information content (AvgIpc) is 1.81. The topological polar surface area (TPSA) is 96.1 Å². The first-order valence-electron chi connectivity index (χ1n) is 38.3. The molecule has 3 atom stereocenters. The van der Waals surface area contributed by atoms with E-state index in [1.807, 2.05) is 36.4 Å². The predicted molar refractivity (Wildman–Crippen MR) is 447 cm³/mol. The van der Waals surface area contributed by atoms with Crippen LogP contribution < -0.4 is 4.90 Å². The van der Waals surface area contributed by atoms with Crippen LogP contribution in [0.4, 0.5) is 17.1 Å². The van der Waals surface area contributed by atoms with Crippen molar-refractivity contribution in [2.75, 3.05) is 31.8 Å². The Morgan fingerprint density at radius 2 is 0.780 bits per heavy atom. The Kier molecular flexibility index (Phi) is 25.7. The number of ketones is 1. The van der Waals surface area contributed by atoms with Gasteiger partial charge in [0.15, 0.2) is 12.6 Å². The van der Waals surface area contributed by atoms with Crippen LogP contribution in [0, 0.1) is 5.41 Å². The second-order valence-electron chi connectivity index (χ2n) is 29.2. The van der Waals surface area contributed by atoms with Crippen LogP contribution in [0.3, 0.4) is 0 Å². The van der Waals surface area contributed by atoms with Crippen molar-refractivity contribution in [2.45, 2.75) is 104 Å². The molecule has 13 aromatic rings. The number of para-hydroxylation sites is 2. The molecular formula is C100H97N3O6. The molecule has 109 heavy (non-hydrogen) atoms. The summed E-state index contributed by atoms with van der Waals surface area (Å²) >= 11 is 0. The monoisotopic (exact) mass is 1440 g/mol. The molecule has 9 nitrogen and oxygen atoms in total. The average molecular weight is 1440 g/mol. The fourth-order valence-electron chi connectivity index (χ4n) is 13.8. The summed E-state index contributed by atoms with van der Waals surface area (Å²) in [6.45, 7) is 11.8. The molecule has 13 rings (SSSR count). The number of nitrogens with zero attached hydrogens (tertiary/aromatic N) is 3. The Morgan fingerprint density at radius 1 is 0.413 bits per heavy atom. The number of hydrogen-bond acceptors (Lipinski definition) is 9. The maximum atomic E-state index is 14.4. The number of hydrogen-bond donors (Lipinski definition) is 0. The number of anilines is 3. The molecule has 0 amide bonds. The summed E-state index contributed by atoms with van der Waals surface area (Å²) in [6, 6.07) is 113. The smallest absolute Gasteiger partial charge is 0.248 e. The van der Waals surface area contributed by atoms with Gasteiger partial charge in [0, 0.05) is 47.1 Å². The molecule has 1 heterocycles. The summed E-state index contributed by atoms with van der Waals surface area (Å²) in [4.78, 5) is 16.7. The van der Waals surface area contributed by atoms with Gasteiger partial charge in [0.25, 0.3) is 0 Å². The quantitative estimate of drug-likeness (QED) is 0.0289. The highest BCUT2D eigenvalue weighted by molar-refractivity contribution is 5.93. The van der Waals surface area contributed by atoms with Gasteiger partial charge in [-0.25, -0.2) is 0 Å². The van der Waals surface area contributed by atoms with Crippen molar-refractivity contribution in [3.63, 3.8) is 0 Å². The Hall–Kier alpha value is -11.4. The summed E-state index contributed by atoms with van der Waals surface area (Å²) in [7, 11) is 1.64. The molecular weight excluding hydrogens is 1340 g/mol. The Labute approximate surface area is 644 Å². The molecule has 0 aliphatic heterocycles. The lowest BCUT2D eigenvalue weighted by atomic mass is 9.77. The van der Waals surface area contributed by atoms with Gasteiger partial charge >= 0.3 is 0 Å².